The van der Waals surface area contributed by atoms with Crippen LogP contribution in [0.5, 0.6) is 5.75 Å². The van der Waals surface area contributed by atoms with Crippen LogP contribution in [0.25, 0.3) is 10.8 Å². The van der Waals surface area contributed by atoms with Gasteiger partial charge in [-0.2, -0.15) is 0 Å². The Balaban J connectivity index is 2.11. The second-order valence-electron chi connectivity index (χ2n) is 6.55. The van der Waals surface area contributed by atoms with E-state index in [4.69, 9.17) is 9.47 Å². The maximum atomic E-state index is 11.9. The molecular formula is C19H20O6. The van der Waals surface area contributed by atoms with Gasteiger partial charge in [0.25, 0.3) is 0 Å². The van der Waals surface area contributed by atoms with Crippen LogP contribution in [-0.2, 0) is 30.5 Å². The molecule has 2 aromatic rings. The van der Waals surface area contributed by atoms with E-state index >= 15 is 0 Å². The Kier molecular flexibility index (Phi) is 5.41. The van der Waals surface area contributed by atoms with E-state index in [0.717, 1.165) is 23.4 Å². The summed E-state index contributed by atoms with van der Waals surface area (Å²) in [7, 11) is 1.11. The Hall–Kier alpha value is -2.89. The minimum atomic E-state index is -1.04. The molecule has 132 valence electrons. The molecule has 6 heteroatoms. The van der Waals surface area contributed by atoms with Crippen LogP contribution in [0.1, 0.15) is 26.3 Å². The highest BCUT2D eigenvalue weighted by Gasteiger charge is 2.23. The van der Waals surface area contributed by atoms with Crippen molar-refractivity contribution in [1.82, 2.24) is 0 Å². The molecule has 0 N–H and O–H groups in total. The first-order valence-corrected chi connectivity index (χ1v) is 7.71. The standard InChI is InChI=1S/C19H20O6/c1-19(2,3)18(22)25-15-8-7-13-9-12(5-6-14(13)10-15)11-24-17(21)16(20)23-4/h5-10H,11H2,1-4H3. The van der Waals surface area contributed by atoms with Crippen molar-refractivity contribution in [1.29, 1.82) is 0 Å². The van der Waals surface area contributed by atoms with Crippen LogP contribution < -0.4 is 4.74 Å². The van der Waals surface area contributed by atoms with Crippen LogP contribution in [0.15, 0.2) is 36.4 Å². The number of carbonyl (C=O) groups excluding carboxylic acids is 3. The smallest absolute Gasteiger partial charge is 0.417 e. The number of ether oxygens (including phenoxy) is 3. The van der Waals surface area contributed by atoms with Gasteiger partial charge in [0.05, 0.1) is 12.5 Å². The average molecular weight is 344 g/mol. The molecule has 0 aliphatic rings. The van der Waals surface area contributed by atoms with E-state index in [0.29, 0.717) is 5.75 Å². The number of esters is 3. The molecule has 0 spiro atoms. The lowest BCUT2D eigenvalue weighted by Gasteiger charge is -2.16. The van der Waals surface area contributed by atoms with Gasteiger partial charge in [0, 0.05) is 0 Å². The lowest BCUT2D eigenvalue weighted by atomic mass is 9.97. The first-order chi connectivity index (χ1) is 11.7. The Morgan fingerprint density at radius 2 is 1.56 bits per heavy atom. The molecule has 6 nitrogen and oxygen atoms in total. The predicted octanol–water partition coefficient (Wildman–Crippen LogP) is 3.01. The van der Waals surface area contributed by atoms with E-state index in [-0.39, 0.29) is 12.6 Å². The summed E-state index contributed by atoms with van der Waals surface area (Å²) < 4.78 is 14.5. The topological polar surface area (TPSA) is 78.9 Å². The molecule has 0 unspecified atom stereocenters. The first kappa shape index (κ1) is 18.4. The van der Waals surface area contributed by atoms with Gasteiger partial charge in [0.2, 0.25) is 0 Å². The second-order valence-corrected chi connectivity index (χ2v) is 6.55. The number of fused-ring (bicyclic) bond motifs is 1. The van der Waals surface area contributed by atoms with E-state index in [1.165, 1.54) is 0 Å². The molecule has 25 heavy (non-hydrogen) atoms. The molecule has 0 saturated carbocycles. The van der Waals surface area contributed by atoms with Crippen molar-refractivity contribution in [3.05, 3.63) is 42.0 Å². The molecule has 0 aliphatic carbocycles. The molecule has 0 bridgehead atoms. The van der Waals surface area contributed by atoms with Gasteiger partial charge in [0.15, 0.2) is 0 Å². The highest BCUT2D eigenvalue weighted by Crippen LogP contribution is 2.25. The average Bonchev–Trinajstić information content (AvgIpc) is 2.57. The van der Waals surface area contributed by atoms with Gasteiger partial charge in [0.1, 0.15) is 12.4 Å². The number of methoxy groups -OCH3 is 1. The van der Waals surface area contributed by atoms with E-state index in [1.807, 2.05) is 18.2 Å². The van der Waals surface area contributed by atoms with Gasteiger partial charge in [-0.3, -0.25) is 4.79 Å². The minimum Gasteiger partial charge on any atom is -0.461 e. The number of carbonyl (C=O) groups is 3. The third-order valence-electron chi connectivity index (χ3n) is 3.42. The second kappa shape index (κ2) is 7.34. The number of hydrogen-bond acceptors (Lipinski definition) is 6. The molecule has 0 aromatic heterocycles. The zero-order valence-electron chi connectivity index (χ0n) is 14.6. The maximum Gasteiger partial charge on any atom is 0.417 e. The van der Waals surface area contributed by atoms with E-state index in [1.54, 1.807) is 39.0 Å². The summed E-state index contributed by atoms with van der Waals surface area (Å²) in [6.07, 6.45) is 0. The van der Waals surface area contributed by atoms with Crippen LogP contribution in [-0.4, -0.2) is 25.0 Å². The Morgan fingerprint density at radius 1 is 0.920 bits per heavy atom. The largest absolute Gasteiger partial charge is 0.461 e. The molecule has 2 aromatic carbocycles. The van der Waals surface area contributed by atoms with Crippen molar-refractivity contribution in [2.24, 2.45) is 5.41 Å². The summed E-state index contributed by atoms with van der Waals surface area (Å²) in [6, 6.07) is 10.7. The highest BCUT2D eigenvalue weighted by atomic mass is 16.6. The molecule has 0 saturated heterocycles. The van der Waals surface area contributed by atoms with Gasteiger partial charge < -0.3 is 14.2 Å². The van der Waals surface area contributed by atoms with Gasteiger partial charge in [-0.15, -0.1) is 0 Å². The Morgan fingerprint density at radius 3 is 2.20 bits per heavy atom. The molecule has 0 atom stereocenters. The molecule has 0 fully saturated rings. The number of benzene rings is 2. The molecule has 0 amide bonds. The van der Waals surface area contributed by atoms with Crippen molar-refractivity contribution < 1.29 is 28.6 Å². The summed E-state index contributed by atoms with van der Waals surface area (Å²) in [5, 5.41) is 1.77. The third-order valence-corrected chi connectivity index (χ3v) is 3.42. The molecular weight excluding hydrogens is 324 g/mol. The van der Waals surface area contributed by atoms with Gasteiger partial charge in [-0.1, -0.05) is 18.2 Å². The van der Waals surface area contributed by atoms with Crippen LogP contribution >= 0.6 is 0 Å². The summed E-state index contributed by atoms with van der Waals surface area (Å²) in [5.74, 6) is -1.91. The fraction of sp³-hybridized carbons (Fsp3) is 0.316. The Labute approximate surface area is 145 Å². The third kappa shape index (κ3) is 4.79. The SMILES string of the molecule is COC(=O)C(=O)OCc1ccc2cc(OC(=O)C(C)(C)C)ccc2c1. The van der Waals surface area contributed by atoms with Gasteiger partial charge in [-0.25, -0.2) is 9.59 Å². The number of hydrogen-bond donors (Lipinski definition) is 0. The van der Waals surface area contributed by atoms with Gasteiger partial charge in [-0.05, 0) is 55.3 Å². The normalized spacial score (nSPS) is 11.0. The summed E-state index contributed by atoms with van der Waals surface area (Å²) >= 11 is 0. The molecule has 0 aliphatic heterocycles. The lowest BCUT2D eigenvalue weighted by molar-refractivity contribution is -0.166. The lowest BCUT2D eigenvalue weighted by Crippen LogP contribution is -2.25. The summed E-state index contributed by atoms with van der Waals surface area (Å²) in [6.45, 7) is 5.33. The van der Waals surface area contributed by atoms with Gasteiger partial charge >= 0.3 is 17.9 Å². The van der Waals surface area contributed by atoms with Crippen molar-refractivity contribution in [2.75, 3.05) is 7.11 Å². The molecule has 2 rings (SSSR count). The zero-order chi connectivity index (χ0) is 18.6. The highest BCUT2D eigenvalue weighted by molar-refractivity contribution is 6.29. The monoisotopic (exact) mass is 344 g/mol. The van der Waals surface area contributed by atoms with E-state index in [9.17, 15) is 14.4 Å². The predicted molar refractivity (Wildman–Crippen MR) is 90.9 cm³/mol. The van der Waals surface area contributed by atoms with Crippen molar-refractivity contribution in [3.8, 4) is 5.75 Å². The minimum absolute atomic E-state index is 0.0371. The Bertz CT molecular complexity index is 816. The van der Waals surface area contributed by atoms with Crippen molar-refractivity contribution in [3.63, 3.8) is 0 Å². The van der Waals surface area contributed by atoms with Crippen LogP contribution in [0.2, 0.25) is 0 Å². The fourth-order valence-electron chi connectivity index (χ4n) is 1.98. The van der Waals surface area contributed by atoms with Crippen LogP contribution in [0, 0.1) is 5.41 Å². The van der Waals surface area contributed by atoms with E-state index < -0.39 is 17.4 Å². The summed E-state index contributed by atoms with van der Waals surface area (Å²) in [4.78, 5) is 34.2. The zero-order valence-corrected chi connectivity index (χ0v) is 14.6. The first-order valence-electron chi connectivity index (χ1n) is 7.71. The quantitative estimate of drug-likeness (QED) is 0.484. The molecule has 0 heterocycles. The maximum absolute atomic E-state index is 11.9. The molecule has 0 radical (unpaired) electrons. The number of rotatable bonds is 3. The van der Waals surface area contributed by atoms with Crippen LogP contribution in [0.3, 0.4) is 0 Å². The van der Waals surface area contributed by atoms with Crippen molar-refractivity contribution in [2.45, 2.75) is 27.4 Å². The van der Waals surface area contributed by atoms with E-state index in [2.05, 4.69) is 4.74 Å². The fourth-order valence-corrected chi connectivity index (χ4v) is 1.98. The van der Waals surface area contributed by atoms with Crippen LogP contribution in [0.4, 0.5) is 0 Å². The van der Waals surface area contributed by atoms with Crippen molar-refractivity contribution >= 4 is 28.7 Å². The summed E-state index contributed by atoms with van der Waals surface area (Å²) in [5.41, 5.74) is 0.145.